The van der Waals surface area contributed by atoms with Crippen LogP contribution in [0, 0.1) is 23.7 Å². The fourth-order valence-electron chi connectivity index (χ4n) is 5.25. The molecule has 0 aromatic carbocycles. The predicted octanol–water partition coefficient (Wildman–Crippen LogP) is 0.431. The first-order valence-corrected chi connectivity index (χ1v) is 22.4. The summed E-state index contributed by atoms with van der Waals surface area (Å²) in [5, 5.41) is 18.9. The summed E-state index contributed by atoms with van der Waals surface area (Å²) < 4.78 is 17.6. The molecule has 0 fully saturated rings. The highest BCUT2D eigenvalue weighted by Gasteiger charge is 2.34. The Morgan fingerprint density at radius 2 is 0.578 bits per heavy atom. The minimum atomic E-state index is -1.31. The SMILES string of the molecule is CC(C)C(=O)CCC(=O)NCCNC(=O)CCOCC(COCCC(=O)NCCNC(=O)CCC(=O)C(C)C)(COCCC(=O)NCCNC(=O)CCC(=O)C(C)C)NC(=O)C(C)C. The van der Waals surface area contributed by atoms with Gasteiger partial charge in [0.1, 0.15) is 22.9 Å². The Hall–Kier alpha value is -4.82. The lowest BCUT2D eigenvalue weighted by molar-refractivity contribution is -0.132. The standard InChI is InChI=1S/C44H77N7O13/c1-30(2)34(52)9-12-37(55)45-18-21-48-40(58)15-24-62-27-44(51-43(61)33(7)8,28-63-25-16-41(59)49-22-19-46-38(56)13-10-35(53)31(3)4)29-64-26-17-42(60)50-23-20-47-39(57)14-11-36(54)32(5)6/h30-33H,9-29H2,1-8H3,(H,45,55)(H,46,56)(H,47,57)(H,48,58)(H,49,59)(H,50,60)(H,51,61). The summed E-state index contributed by atoms with van der Waals surface area (Å²) in [5.74, 6) is -3.22. The lowest BCUT2D eigenvalue weighted by Crippen LogP contribution is -2.59. The summed E-state index contributed by atoms with van der Waals surface area (Å²) >= 11 is 0. The van der Waals surface area contributed by atoms with Crippen LogP contribution in [-0.2, 0) is 62.2 Å². The maximum absolute atomic E-state index is 13.1. The zero-order valence-electron chi connectivity index (χ0n) is 39.5. The van der Waals surface area contributed by atoms with Crippen molar-refractivity contribution in [3.63, 3.8) is 0 Å². The first-order valence-electron chi connectivity index (χ1n) is 22.4. The van der Waals surface area contributed by atoms with Gasteiger partial charge in [0.05, 0.1) is 39.6 Å². The minimum absolute atomic E-state index is 0.00543. The Morgan fingerprint density at radius 3 is 0.797 bits per heavy atom. The third kappa shape index (κ3) is 31.1. The van der Waals surface area contributed by atoms with E-state index >= 15 is 0 Å². The van der Waals surface area contributed by atoms with Gasteiger partial charge in [-0.05, 0) is 0 Å². The van der Waals surface area contributed by atoms with Crippen LogP contribution in [0.1, 0.15) is 113 Å². The Kier molecular flexibility index (Phi) is 32.0. The van der Waals surface area contributed by atoms with E-state index in [2.05, 4.69) is 37.2 Å². The van der Waals surface area contributed by atoms with E-state index in [0.717, 1.165) is 0 Å². The highest BCUT2D eigenvalue weighted by molar-refractivity contribution is 5.87. The number of hydrogen-bond acceptors (Lipinski definition) is 13. The summed E-state index contributed by atoms with van der Waals surface area (Å²) in [5.41, 5.74) is -1.31. The van der Waals surface area contributed by atoms with Crippen LogP contribution in [0.3, 0.4) is 0 Å². The third-order valence-electron chi connectivity index (χ3n) is 9.50. The number of Topliss-reactive ketones (excluding diaryl/α,β-unsaturated/α-hetero) is 3. The monoisotopic (exact) mass is 912 g/mol. The molecule has 366 valence electrons. The van der Waals surface area contributed by atoms with E-state index in [1.165, 1.54) is 0 Å². The second-order valence-electron chi connectivity index (χ2n) is 16.8. The van der Waals surface area contributed by atoms with E-state index in [-0.39, 0.29) is 213 Å². The molecule has 0 atom stereocenters. The Morgan fingerprint density at radius 1 is 0.344 bits per heavy atom. The summed E-state index contributed by atoms with van der Waals surface area (Å²) in [6, 6.07) is 0. The van der Waals surface area contributed by atoms with Crippen LogP contribution >= 0.6 is 0 Å². The number of nitrogens with one attached hydrogen (secondary N) is 7. The highest BCUT2D eigenvalue weighted by atomic mass is 16.5. The van der Waals surface area contributed by atoms with Gasteiger partial charge in [-0.1, -0.05) is 55.4 Å². The fraction of sp³-hybridized carbons (Fsp3) is 0.773. The van der Waals surface area contributed by atoms with Crippen molar-refractivity contribution in [2.24, 2.45) is 23.7 Å². The van der Waals surface area contributed by atoms with Crippen LogP contribution in [0.15, 0.2) is 0 Å². The molecule has 0 aliphatic carbocycles. The van der Waals surface area contributed by atoms with Crippen molar-refractivity contribution in [3.8, 4) is 0 Å². The maximum Gasteiger partial charge on any atom is 0.223 e. The van der Waals surface area contributed by atoms with E-state index in [4.69, 9.17) is 14.2 Å². The molecular formula is C44H77N7O13. The average Bonchev–Trinajstić information content (AvgIpc) is 3.24. The lowest BCUT2D eigenvalue weighted by Gasteiger charge is -2.35. The molecule has 20 heteroatoms. The summed E-state index contributed by atoms with van der Waals surface area (Å²) in [6.07, 6.45) is 0.475. The Labute approximate surface area is 378 Å². The van der Waals surface area contributed by atoms with E-state index in [1.807, 2.05) is 0 Å². The van der Waals surface area contributed by atoms with Crippen molar-refractivity contribution < 1.29 is 62.2 Å². The van der Waals surface area contributed by atoms with E-state index in [1.54, 1.807) is 55.4 Å². The molecule has 0 radical (unpaired) electrons. The van der Waals surface area contributed by atoms with Gasteiger partial charge in [0.15, 0.2) is 0 Å². The van der Waals surface area contributed by atoms with Crippen molar-refractivity contribution in [1.82, 2.24) is 37.2 Å². The van der Waals surface area contributed by atoms with Crippen molar-refractivity contribution in [1.29, 1.82) is 0 Å². The Balaban J connectivity index is 5.28. The number of amides is 7. The van der Waals surface area contributed by atoms with Crippen LogP contribution < -0.4 is 37.2 Å². The van der Waals surface area contributed by atoms with Crippen molar-refractivity contribution >= 4 is 58.7 Å². The third-order valence-corrected chi connectivity index (χ3v) is 9.50. The molecule has 0 aliphatic rings. The number of carbonyl (C=O) groups is 10. The summed E-state index contributed by atoms with van der Waals surface area (Å²) in [6.45, 7) is 14.3. The molecular weight excluding hydrogens is 835 g/mol. The number of ether oxygens (including phenoxy) is 3. The van der Waals surface area contributed by atoms with Crippen molar-refractivity contribution in [2.75, 3.05) is 78.9 Å². The molecule has 0 unspecified atom stereocenters. The van der Waals surface area contributed by atoms with Crippen LogP contribution in [-0.4, -0.2) is 143 Å². The highest BCUT2D eigenvalue weighted by Crippen LogP contribution is 2.12. The molecule has 0 bridgehead atoms. The molecule has 0 spiro atoms. The maximum atomic E-state index is 13.1. The van der Waals surface area contributed by atoms with Gasteiger partial charge >= 0.3 is 0 Å². The van der Waals surface area contributed by atoms with Gasteiger partial charge in [0, 0.05) is 121 Å². The quantitative estimate of drug-likeness (QED) is 0.0415. The van der Waals surface area contributed by atoms with Crippen molar-refractivity contribution in [3.05, 3.63) is 0 Å². The first kappa shape index (κ1) is 59.2. The van der Waals surface area contributed by atoms with Crippen LogP contribution in [0.2, 0.25) is 0 Å². The molecule has 20 nitrogen and oxygen atoms in total. The zero-order valence-corrected chi connectivity index (χ0v) is 39.5. The van der Waals surface area contributed by atoms with Gasteiger partial charge in [-0.25, -0.2) is 0 Å². The minimum Gasteiger partial charge on any atom is -0.378 e. The summed E-state index contributed by atoms with van der Waals surface area (Å²) in [7, 11) is 0. The van der Waals surface area contributed by atoms with E-state index < -0.39 is 11.5 Å². The molecule has 0 heterocycles. The van der Waals surface area contributed by atoms with Gasteiger partial charge < -0.3 is 51.4 Å². The van der Waals surface area contributed by atoms with Crippen LogP contribution in [0.5, 0.6) is 0 Å². The number of hydrogen-bond donors (Lipinski definition) is 7. The first-order chi connectivity index (χ1) is 30.2. The molecule has 64 heavy (non-hydrogen) atoms. The summed E-state index contributed by atoms with van der Waals surface area (Å²) in [4.78, 5) is 122. The van der Waals surface area contributed by atoms with E-state index in [0.29, 0.717) is 0 Å². The topological polar surface area (TPSA) is 283 Å². The molecule has 0 aromatic rings. The van der Waals surface area contributed by atoms with Crippen LogP contribution in [0.4, 0.5) is 0 Å². The van der Waals surface area contributed by atoms with Gasteiger partial charge in [0.25, 0.3) is 0 Å². The molecule has 0 rings (SSSR count). The number of rotatable bonds is 38. The molecule has 7 amide bonds. The lowest BCUT2D eigenvalue weighted by atomic mass is 10.0. The van der Waals surface area contributed by atoms with Gasteiger partial charge in [-0.3, -0.25) is 47.9 Å². The molecule has 0 aliphatic heterocycles. The number of ketones is 3. The molecule has 0 aromatic heterocycles. The predicted molar refractivity (Wildman–Crippen MR) is 237 cm³/mol. The Bertz CT molecular complexity index is 1350. The number of carbonyl (C=O) groups excluding carboxylic acids is 10. The molecule has 7 N–H and O–H groups in total. The molecule has 0 saturated carbocycles. The average molecular weight is 912 g/mol. The fourth-order valence-corrected chi connectivity index (χ4v) is 5.25. The van der Waals surface area contributed by atoms with Gasteiger partial charge in [-0.2, -0.15) is 0 Å². The normalized spacial score (nSPS) is 11.3. The largest absolute Gasteiger partial charge is 0.378 e. The van der Waals surface area contributed by atoms with Gasteiger partial charge in [0.2, 0.25) is 41.4 Å². The smallest absolute Gasteiger partial charge is 0.223 e. The van der Waals surface area contributed by atoms with Crippen molar-refractivity contribution in [2.45, 2.75) is 119 Å². The van der Waals surface area contributed by atoms with Gasteiger partial charge in [-0.15, -0.1) is 0 Å². The second-order valence-corrected chi connectivity index (χ2v) is 16.8. The zero-order chi connectivity index (χ0) is 48.5. The van der Waals surface area contributed by atoms with E-state index in [9.17, 15) is 47.9 Å². The second kappa shape index (κ2) is 34.6. The van der Waals surface area contributed by atoms with Crippen LogP contribution in [0.25, 0.3) is 0 Å². The molecule has 0 saturated heterocycles.